The second-order valence-corrected chi connectivity index (χ2v) is 8.01. The van der Waals surface area contributed by atoms with E-state index in [1.54, 1.807) is 43.7 Å². The van der Waals surface area contributed by atoms with Crippen molar-refractivity contribution in [2.24, 2.45) is 5.10 Å². The Kier molecular flexibility index (Phi) is 8.94. The Morgan fingerprint density at radius 3 is 2.58 bits per heavy atom. The fourth-order valence-electron chi connectivity index (χ4n) is 3.13. The van der Waals surface area contributed by atoms with E-state index in [0.29, 0.717) is 47.9 Å². The van der Waals surface area contributed by atoms with Crippen molar-refractivity contribution in [2.45, 2.75) is 25.7 Å². The molecule has 0 fully saturated rings. The Morgan fingerprint density at radius 2 is 1.82 bits per heavy atom. The molecule has 0 unspecified atom stereocenters. The van der Waals surface area contributed by atoms with Crippen molar-refractivity contribution in [1.82, 2.24) is 10.7 Å². The van der Waals surface area contributed by atoms with Gasteiger partial charge in [0.2, 0.25) is 12.7 Å². The minimum atomic E-state index is -0.183. The third kappa shape index (κ3) is 6.85. The third-order valence-corrected chi connectivity index (χ3v) is 5.58. The number of unbranched alkanes of at least 4 members (excludes halogenated alkanes) is 2. The molecule has 2 aromatic rings. The van der Waals surface area contributed by atoms with Crippen LogP contribution in [0.5, 0.6) is 23.0 Å². The molecule has 0 bridgehead atoms. The second kappa shape index (κ2) is 12.1. The summed E-state index contributed by atoms with van der Waals surface area (Å²) in [6.07, 6.45) is 4.16. The lowest BCUT2D eigenvalue weighted by Gasteiger charge is -2.10. The van der Waals surface area contributed by atoms with Crippen LogP contribution in [-0.2, 0) is 4.79 Å². The summed E-state index contributed by atoms with van der Waals surface area (Å²) in [5.74, 6) is 2.03. The minimum Gasteiger partial charge on any atom is -0.493 e. The zero-order valence-corrected chi connectivity index (χ0v) is 20.1. The minimum absolute atomic E-state index is 0.169. The first-order valence-corrected chi connectivity index (χ1v) is 11.2. The van der Waals surface area contributed by atoms with Gasteiger partial charge in [0.05, 0.1) is 20.4 Å². The molecule has 2 aromatic carbocycles. The highest BCUT2D eigenvalue weighted by molar-refractivity contribution is 9.10. The Labute approximate surface area is 200 Å². The fraction of sp³-hybridized carbons (Fsp3) is 0.348. The molecule has 0 radical (unpaired) electrons. The molecule has 0 atom stereocenters. The number of hydrogen-bond donors (Lipinski definition) is 2. The molecule has 0 saturated heterocycles. The lowest BCUT2D eigenvalue weighted by Crippen LogP contribution is -2.24. The zero-order valence-electron chi connectivity index (χ0n) is 18.5. The predicted molar refractivity (Wildman–Crippen MR) is 126 cm³/mol. The zero-order chi connectivity index (χ0) is 23.6. The number of nitrogens with zero attached hydrogens (tertiary/aromatic N) is 1. The number of methoxy groups -OCH3 is 2. The highest BCUT2D eigenvalue weighted by Gasteiger charge is 2.15. The standard InChI is InChI=1S/C23H26BrN3O6/c1-30-18-8-7-15(10-19(18)31-2)23(29)25-9-5-3-4-6-22(28)27-26-13-16-11-20-21(12-17(16)24)33-14-32-20/h7-8,10-13H,3-6,9,14H2,1-2H3,(H,25,29)(H,27,28). The first-order valence-electron chi connectivity index (χ1n) is 10.4. The van der Waals surface area contributed by atoms with E-state index >= 15 is 0 Å². The SMILES string of the molecule is COc1ccc(C(=O)NCCCCCC(=O)NN=Cc2cc3c(cc2Br)OCO3)cc1OC. The summed E-state index contributed by atoms with van der Waals surface area (Å²) in [5.41, 5.74) is 3.79. The van der Waals surface area contributed by atoms with Crippen LogP contribution >= 0.6 is 15.9 Å². The smallest absolute Gasteiger partial charge is 0.251 e. The normalized spacial score (nSPS) is 12.0. The average Bonchev–Trinajstić information content (AvgIpc) is 3.27. The van der Waals surface area contributed by atoms with Crippen molar-refractivity contribution in [1.29, 1.82) is 0 Å². The Morgan fingerprint density at radius 1 is 1.06 bits per heavy atom. The van der Waals surface area contributed by atoms with Gasteiger partial charge in [0.25, 0.3) is 5.91 Å². The first kappa shape index (κ1) is 24.4. The van der Waals surface area contributed by atoms with E-state index in [1.807, 2.05) is 0 Å². The van der Waals surface area contributed by atoms with E-state index < -0.39 is 0 Å². The van der Waals surface area contributed by atoms with Crippen LogP contribution in [0, 0.1) is 0 Å². The molecule has 1 aliphatic rings. The van der Waals surface area contributed by atoms with Gasteiger partial charge in [-0.15, -0.1) is 0 Å². The molecule has 9 nitrogen and oxygen atoms in total. The largest absolute Gasteiger partial charge is 0.493 e. The van der Waals surface area contributed by atoms with E-state index in [0.717, 1.165) is 22.9 Å². The van der Waals surface area contributed by atoms with Crippen molar-refractivity contribution < 1.29 is 28.5 Å². The van der Waals surface area contributed by atoms with Crippen LogP contribution in [0.2, 0.25) is 0 Å². The summed E-state index contributed by atoms with van der Waals surface area (Å²) < 4.78 is 21.8. The second-order valence-electron chi connectivity index (χ2n) is 7.16. The maximum atomic E-state index is 12.3. The van der Waals surface area contributed by atoms with Gasteiger partial charge >= 0.3 is 0 Å². The van der Waals surface area contributed by atoms with Gasteiger partial charge in [0.15, 0.2) is 23.0 Å². The van der Waals surface area contributed by atoms with Crippen molar-refractivity contribution in [3.8, 4) is 23.0 Å². The number of benzene rings is 2. The molecule has 3 rings (SSSR count). The van der Waals surface area contributed by atoms with Gasteiger partial charge in [-0.05, 0) is 59.1 Å². The quantitative estimate of drug-likeness (QED) is 0.266. The molecule has 1 aliphatic heterocycles. The molecule has 2 N–H and O–H groups in total. The predicted octanol–water partition coefficient (Wildman–Crippen LogP) is 3.64. The molecule has 10 heteroatoms. The summed E-state index contributed by atoms with van der Waals surface area (Å²) >= 11 is 3.44. The van der Waals surface area contributed by atoms with Crippen LogP contribution in [0.1, 0.15) is 41.6 Å². The number of rotatable bonds is 11. The van der Waals surface area contributed by atoms with Crippen molar-refractivity contribution in [3.05, 3.63) is 45.9 Å². The summed E-state index contributed by atoms with van der Waals surface area (Å²) in [6.45, 7) is 0.712. The van der Waals surface area contributed by atoms with Crippen molar-refractivity contribution in [2.75, 3.05) is 27.6 Å². The molecule has 33 heavy (non-hydrogen) atoms. The number of carbonyl (C=O) groups is 2. The van der Waals surface area contributed by atoms with Crippen LogP contribution in [0.15, 0.2) is 39.9 Å². The number of amides is 2. The third-order valence-electron chi connectivity index (χ3n) is 4.90. The maximum Gasteiger partial charge on any atom is 0.251 e. The fourth-order valence-corrected chi connectivity index (χ4v) is 3.56. The molecular formula is C23H26BrN3O6. The van der Waals surface area contributed by atoms with Crippen LogP contribution in [0.25, 0.3) is 0 Å². The topological polar surface area (TPSA) is 107 Å². The molecule has 0 aliphatic carbocycles. The number of ether oxygens (including phenoxy) is 4. The van der Waals surface area contributed by atoms with Gasteiger partial charge < -0.3 is 24.3 Å². The van der Waals surface area contributed by atoms with Gasteiger partial charge in [-0.1, -0.05) is 6.42 Å². The van der Waals surface area contributed by atoms with Crippen LogP contribution in [-0.4, -0.2) is 45.6 Å². The van der Waals surface area contributed by atoms with E-state index in [-0.39, 0.29) is 18.6 Å². The summed E-state index contributed by atoms with van der Waals surface area (Å²) in [6, 6.07) is 8.61. The summed E-state index contributed by atoms with van der Waals surface area (Å²) in [5, 5.41) is 6.87. The van der Waals surface area contributed by atoms with E-state index in [9.17, 15) is 9.59 Å². The van der Waals surface area contributed by atoms with E-state index in [2.05, 4.69) is 31.8 Å². The molecule has 0 aromatic heterocycles. The maximum absolute atomic E-state index is 12.3. The van der Waals surface area contributed by atoms with Crippen molar-refractivity contribution in [3.63, 3.8) is 0 Å². The molecular weight excluding hydrogens is 494 g/mol. The van der Waals surface area contributed by atoms with Gasteiger partial charge in [0.1, 0.15) is 0 Å². The van der Waals surface area contributed by atoms with Gasteiger partial charge in [-0.25, -0.2) is 5.43 Å². The number of nitrogens with one attached hydrogen (secondary N) is 2. The number of carbonyl (C=O) groups excluding carboxylic acids is 2. The first-order chi connectivity index (χ1) is 16.0. The average molecular weight is 520 g/mol. The van der Waals surface area contributed by atoms with Gasteiger partial charge in [0, 0.05) is 28.6 Å². The monoisotopic (exact) mass is 519 g/mol. The number of hydrogen-bond acceptors (Lipinski definition) is 7. The van der Waals surface area contributed by atoms with Crippen LogP contribution in [0.4, 0.5) is 0 Å². The molecule has 1 heterocycles. The van der Waals surface area contributed by atoms with Crippen LogP contribution < -0.4 is 29.7 Å². The van der Waals surface area contributed by atoms with Gasteiger partial charge in [-0.2, -0.15) is 5.10 Å². The van der Waals surface area contributed by atoms with Gasteiger partial charge in [-0.3, -0.25) is 9.59 Å². The molecule has 0 saturated carbocycles. The van der Waals surface area contributed by atoms with E-state index in [1.165, 1.54) is 7.11 Å². The molecule has 2 amide bonds. The Bertz CT molecular complexity index is 1030. The lowest BCUT2D eigenvalue weighted by atomic mass is 10.1. The number of fused-ring (bicyclic) bond motifs is 1. The van der Waals surface area contributed by atoms with Crippen LogP contribution in [0.3, 0.4) is 0 Å². The Hall–Kier alpha value is -3.27. The van der Waals surface area contributed by atoms with Crippen molar-refractivity contribution >= 4 is 34.0 Å². The lowest BCUT2D eigenvalue weighted by molar-refractivity contribution is -0.121. The molecule has 0 spiro atoms. The summed E-state index contributed by atoms with van der Waals surface area (Å²) in [7, 11) is 3.07. The highest BCUT2D eigenvalue weighted by Crippen LogP contribution is 2.36. The Balaban J connectivity index is 1.31. The highest BCUT2D eigenvalue weighted by atomic mass is 79.9. The number of halogens is 1. The number of hydrazone groups is 1. The summed E-state index contributed by atoms with van der Waals surface area (Å²) in [4.78, 5) is 24.2. The van der Waals surface area contributed by atoms with E-state index in [4.69, 9.17) is 18.9 Å². The molecule has 176 valence electrons.